The summed E-state index contributed by atoms with van der Waals surface area (Å²) < 4.78 is 0.934. The Morgan fingerprint density at radius 3 is 2.93 bits per heavy atom. The Morgan fingerprint density at radius 1 is 1.71 bits per heavy atom. The molecule has 3 nitrogen and oxygen atoms in total. The van der Waals surface area contributed by atoms with Crippen LogP contribution in [0.1, 0.15) is 6.92 Å². The first kappa shape index (κ1) is 12.0. The number of aliphatic hydroxyl groups excluding tert-OH is 1. The topological polar surface area (TPSA) is 59.1 Å². The van der Waals surface area contributed by atoms with Crippen molar-refractivity contribution in [3.05, 3.63) is 22.8 Å². The van der Waals surface area contributed by atoms with Crippen molar-refractivity contribution in [1.29, 1.82) is 0 Å². The lowest BCUT2D eigenvalue weighted by Gasteiger charge is -2.17. The zero-order chi connectivity index (χ0) is 10.6. The van der Waals surface area contributed by atoms with E-state index in [2.05, 4.69) is 20.9 Å². The third-order valence-corrected chi connectivity index (χ3v) is 4.09. The maximum Gasteiger partial charge on any atom is 0.111 e. The van der Waals surface area contributed by atoms with Gasteiger partial charge in [-0.05, 0) is 35.0 Å². The summed E-state index contributed by atoms with van der Waals surface area (Å²) in [7, 11) is 0. The zero-order valence-electron chi connectivity index (χ0n) is 7.85. The highest BCUT2D eigenvalue weighted by atomic mass is 79.9. The molecule has 1 rings (SSSR count). The van der Waals surface area contributed by atoms with Gasteiger partial charge in [-0.1, -0.05) is 11.8 Å². The first-order valence-electron chi connectivity index (χ1n) is 4.28. The van der Waals surface area contributed by atoms with Crippen molar-refractivity contribution in [3.8, 4) is 0 Å². The fourth-order valence-electron chi connectivity index (χ4n) is 0.912. The molecule has 0 radical (unpaired) electrons. The third kappa shape index (κ3) is 3.24. The van der Waals surface area contributed by atoms with Gasteiger partial charge in [0.05, 0.1) is 6.61 Å². The minimum absolute atomic E-state index is 0.0128. The monoisotopic (exact) mass is 276 g/mol. The van der Waals surface area contributed by atoms with Gasteiger partial charge >= 0.3 is 0 Å². The van der Waals surface area contributed by atoms with Gasteiger partial charge in [-0.25, -0.2) is 4.98 Å². The van der Waals surface area contributed by atoms with Crippen LogP contribution in [-0.2, 0) is 0 Å². The van der Waals surface area contributed by atoms with Gasteiger partial charge in [0.15, 0.2) is 0 Å². The van der Waals surface area contributed by atoms with E-state index in [0.717, 1.165) is 9.50 Å². The summed E-state index contributed by atoms with van der Waals surface area (Å²) >= 11 is 4.89. The maximum absolute atomic E-state index is 9.10. The lowest BCUT2D eigenvalue weighted by Crippen LogP contribution is -2.31. The summed E-state index contributed by atoms with van der Waals surface area (Å²) in [5.74, 6) is 0. The van der Waals surface area contributed by atoms with Crippen molar-refractivity contribution < 1.29 is 5.11 Å². The van der Waals surface area contributed by atoms with Crippen LogP contribution in [-0.4, -0.2) is 28.0 Å². The highest BCUT2D eigenvalue weighted by Crippen LogP contribution is 2.28. The number of pyridine rings is 1. The number of aliphatic hydroxyl groups is 1. The van der Waals surface area contributed by atoms with Gasteiger partial charge in [0.2, 0.25) is 0 Å². The number of nitrogens with two attached hydrogens (primary N) is 1. The molecule has 78 valence electrons. The largest absolute Gasteiger partial charge is 0.395 e. The summed E-state index contributed by atoms with van der Waals surface area (Å²) in [6.07, 6.45) is 1.72. The molecule has 1 aromatic rings. The third-order valence-electron chi connectivity index (χ3n) is 1.75. The van der Waals surface area contributed by atoms with Crippen LogP contribution in [0.15, 0.2) is 27.8 Å². The van der Waals surface area contributed by atoms with E-state index in [1.807, 2.05) is 19.1 Å². The molecule has 1 aromatic heterocycles. The Morgan fingerprint density at radius 2 is 2.43 bits per heavy atom. The summed E-state index contributed by atoms with van der Waals surface area (Å²) in [6, 6.07) is 3.72. The van der Waals surface area contributed by atoms with Crippen LogP contribution < -0.4 is 5.73 Å². The van der Waals surface area contributed by atoms with Crippen LogP contribution in [0.2, 0.25) is 0 Å². The molecule has 0 bridgehead atoms. The molecule has 0 amide bonds. The van der Waals surface area contributed by atoms with Crippen molar-refractivity contribution in [2.75, 3.05) is 6.61 Å². The molecule has 0 spiro atoms. The van der Waals surface area contributed by atoms with E-state index in [-0.39, 0.29) is 17.9 Å². The predicted octanol–water partition coefficient (Wildman–Crippen LogP) is 1.64. The van der Waals surface area contributed by atoms with Crippen molar-refractivity contribution >= 4 is 27.7 Å². The van der Waals surface area contributed by atoms with Gasteiger partial charge in [0.1, 0.15) is 5.03 Å². The fraction of sp³-hybridized carbons (Fsp3) is 0.444. The van der Waals surface area contributed by atoms with E-state index in [0.29, 0.717) is 0 Å². The maximum atomic E-state index is 9.10. The smallest absolute Gasteiger partial charge is 0.111 e. The molecule has 5 heteroatoms. The highest BCUT2D eigenvalue weighted by Gasteiger charge is 2.16. The van der Waals surface area contributed by atoms with Crippen LogP contribution in [0.3, 0.4) is 0 Å². The van der Waals surface area contributed by atoms with E-state index in [9.17, 15) is 0 Å². The second-order valence-corrected chi connectivity index (χ2v) is 5.07. The standard InChI is InChI=1S/C9H13BrN2OS/c1-6(11)8(5-13)14-9-7(10)3-2-4-12-9/h2-4,6,8,13H,5,11H2,1H3. The second kappa shape index (κ2) is 5.70. The number of halogens is 1. The first-order valence-corrected chi connectivity index (χ1v) is 5.96. The van der Waals surface area contributed by atoms with E-state index < -0.39 is 0 Å². The van der Waals surface area contributed by atoms with Crippen LogP contribution in [0, 0.1) is 0 Å². The van der Waals surface area contributed by atoms with Gasteiger partial charge in [-0.3, -0.25) is 0 Å². The van der Waals surface area contributed by atoms with Crippen LogP contribution >= 0.6 is 27.7 Å². The number of hydrogen-bond donors (Lipinski definition) is 2. The summed E-state index contributed by atoms with van der Waals surface area (Å²) in [5.41, 5.74) is 5.72. The average Bonchev–Trinajstić information content (AvgIpc) is 2.16. The number of hydrogen-bond acceptors (Lipinski definition) is 4. The first-order chi connectivity index (χ1) is 6.65. The van der Waals surface area contributed by atoms with Crippen LogP contribution in [0.5, 0.6) is 0 Å². The van der Waals surface area contributed by atoms with E-state index in [4.69, 9.17) is 10.8 Å². The minimum atomic E-state index is -0.0566. The summed E-state index contributed by atoms with van der Waals surface area (Å²) in [4.78, 5) is 4.20. The quantitative estimate of drug-likeness (QED) is 0.821. The van der Waals surface area contributed by atoms with Gasteiger partial charge in [-0.15, -0.1) is 0 Å². The molecular formula is C9H13BrN2OS. The van der Waals surface area contributed by atoms with Crippen LogP contribution in [0.25, 0.3) is 0 Å². The number of nitrogens with zero attached hydrogens (tertiary/aromatic N) is 1. The molecule has 14 heavy (non-hydrogen) atoms. The van der Waals surface area contributed by atoms with Gasteiger partial charge in [0.25, 0.3) is 0 Å². The van der Waals surface area contributed by atoms with Crippen molar-refractivity contribution in [2.45, 2.75) is 23.2 Å². The molecule has 0 saturated carbocycles. The normalized spacial score (nSPS) is 15.1. The Balaban J connectivity index is 2.72. The lowest BCUT2D eigenvalue weighted by molar-refractivity contribution is 0.285. The van der Waals surface area contributed by atoms with Crippen molar-refractivity contribution in [3.63, 3.8) is 0 Å². The van der Waals surface area contributed by atoms with Gasteiger partial charge in [-0.2, -0.15) is 0 Å². The van der Waals surface area contributed by atoms with Gasteiger partial charge in [0, 0.05) is 22.0 Å². The molecule has 1 heterocycles. The van der Waals surface area contributed by atoms with Gasteiger partial charge < -0.3 is 10.8 Å². The van der Waals surface area contributed by atoms with E-state index >= 15 is 0 Å². The van der Waals surface area contributed by atoms with E-state index in [1.165, 1.54) is 11.8 Å². The van der Waals surface area contributed by atoms with Crippen molar-refractivity contribution in [1.82, 2.24) is 4.98 Å². The SMILES string of the molecule is CC(N)C(CO)Sc1ncccc1Br. The average molecular weight is 277 g/mol. The highest BCUT2D eigenvalue weighted by molar-refractivity contribution is 9.10. The Labute approximate surface area is 96.2 Å². The Hall–Kier alpha value is -0.100. The molecule has 2 atom stereocenters. The molecule has 2 unspecified atom stereocenters. The number of aromatic nitrogens is 1. The predicted molar refractivity (Wildman–Crippen MR) is 62.3 cm³/mol. The second-order valence-electron chi connectivity index (χ2n) is 2.99. The van der Waals surface area contributed by atoms with Crippen LogP contribution in [0.4, 0.5) is 0 Å². The summed E-state index contributed by atoms with van der Waals surface area (Å²) in [6.45, 7) is 1.94. The lowest BCUT2D eigenvalue weighted by atomic mass is 10.3. The number of thioether (sulfide) groups is 1. The fourth-order valence-corrected chi connectivity index (χ4v) is 2.33. The zero-order valence-corrected chi connectivity index (χ0v) is 10.3. The molecular weight excluding hydrogens is 264 g/mol. The molecule has 0 fully saturated rings. The molecule has 0 aliphatic carbocycles. The Bertz CT molecular complexity index is 296. The minimum Gasteiger partial charge on any atom is -0.395 e. The molecule has 0 saturated heterocycles. The van der Waals surface area contributed by atoms with E-state index in [1.54, 1.807) is 6.20 Å². The van der Waals surface area contributed by atoms with Crippen molar-refractivity contribution in [2.24, 2.45) is 5.73 Å². The molecule has 0 aromatic carbocycles. The number of rotatable bonds is 4. The Kier molecular flexibility index (Phi) is 4.88. The molecule has 0 aliphatic rings. The molecule has 0 aliphatic heterocycles. The molecule has 3 N–H and O–H groups in total. The summed E-state index contributed by atoms with van der Waals surface area (Å²) in [5, 5.41) is 9.96.